The lowest BCUT2D eigenvalue weighted by atomic mass is 10.1. The zero-order valence-electron chi connectivity index (χ0n) is 26.5. The Morgan fingerprint density at radius 2 is 1.43 bits per heavy atom. The fourth-order valence-corrected chi connectivity index (χ4v) is 2.97. The Balaban J connectivity index is -0.00000132. The summed E-state index contributed by atoms with van der Waals surface area (Å²) in [6, 6.07) is 7.73. The molecule has 0 aliphatic carbocycles. The minimum Gasteiger partial charge on any atom is -0.493 e. The predicted molar refractivity (Wildman–Crippen MR) is 158 cm³/mol. The molecule has 0 fully saturated rings. The Bertz CT molecular complexity index is 844. The van der Waals surface area contributed by atoms with Crippen LogP contribution in [0.5, 0.6) is 5.75 Å². The number of carbonyl (C=O) groups excluding carboxylic acids is 2. The first kappa shape index (κ1) is 44.8. The van der Waals surface area contributed by atoms with Crippen molar-refractivity contribution in [2.45, 2.75) is 53.4 Å². The van der Waals surface area contributed by atoms with E-state index in [1.165, 1.54) is 0 Å². The summed E-state index contributed by atoms with van der Waals surface area (Å²) in [5, 5.41) is 32.4. The maximum absolute atomic E-state index is 12.5. The summed E-state index contributed by atoms with van der Waals surface area (Å²) in [5.74, 6) is 0.671. The van der Waals surface area contributed by atoms with Gasteiger partial charge < -0.3 is 48.5 Å². The van der Waals surface area contributed by atoms with Crippen molar-refractivity contribution in [1.29, 1.82) is 0 Å². The van der Waals surface area contributed by atoms with Crippen LogP contribution in [0.1, 0.15) is 40.2 Å². The zero-order chi connectivity index (χ0) is 34.3. The van der Waals surface area contributed by atoms with Crippen LogP contribution in [0.2, 0.25) is 0 Å². The summed E-state index contributed by atoms with van der Waals surface area (Å²) < 4.78 is 22.1. The summed E-state index contributed by atoms with van der Waals surface area (Å²) in [6.07, 6.45) is 0.203. The number of aliphatic hydroxyl groups excluding tert-OH is 2. The van der Waals surface area contributed by atoms with Gasteiger partial charge in [-0.05, 0) is 45.4 Å². The maximum atomic E-state index is 12.5. The molecule has 1 amide bonds. The van der Waals surface area contributed by atoms with Crippen LogP contribution in [0.3, 0.4) is 0 Å². The SMILES string of the molecule is C=O.CC(COc1ccc(COCCOC(C)C)cc1)CN(C(=O)COCCO[N+](=O)[O-])C(C)C.CO.O=[N+]([O-])OCCO. The quantitative estimate of drug-likeness (QED) is 0.111. The van der Waals surface area contributed by atoms with E-state index in [0.717, 1.165) is 18.4 Å². The molecule has 0 radical (unpaired) electrons. The molecule has 17 heteroatoms. The van der Waals surface area contributed by atoms with E-state index in [-0.39, 0.29) is 57.0 Å². The average molecular weight is 640 g/mol. The molecule has 0 aromatic heterocycles. The van der Waals surface area contributed by atoms with Gasteiger partial charge in [0.15, 0.2) is 0 Å². The summed E-state index contributed by atoms with van der Waals surface area (Å²) in [7, 11) is 1.00. The smallest absolute Gasteiger partial charge is 0.294 e. The van der Waals surface area contributed by atoms with Gasteiger partial charge in [-0.1, -0.05) is 19.1 Å². The van der Waals surface area contributed by atoms with Crippen molar-refractivity contribution in [3.05, 3.63) is 50.1 Å². The summed E-state index contributed by atoms with van der Waals surface area (Å²) >= 11 is 0. The largest absolute Gasteiger partial charge is 0.493 e. The van der Waals surface area contributed by atoms with Crippen LogP contribution in [-0.2, 0) is 40.1 Å². The van der Waals surface area contributed by atoms with E-state index in [4.69, 9.17) is 34.0 Å². The molecule has 0 saturated heterocycles. The molecule has 0 saturated carbocycles. The normalized spacial score (nSPS) is 10.6. The third kappa shape index (κ3) is 28.5. The number of amides is 1. The van der Waals surface area contributed by atoms with Crippen molar-refractivity contribution in [2.24, 2.45) is 5.92 Å². The molecular formula is C27H49N3O14. The van der Waals surface area contributed by atoms with Crippen molar-refractivity contribution in [3.63, 3.8) is 0 Å². The van der Waals surface area contributed by atoms with Crippen molar-refractivity contribution in [3.8, 4) is 5.75 Å². The molecule has 256 valence electrons. The maximum Gasteiger partial charge on any atom is 0.294 e. The van der Waals surface area contributed by atoms with Gasteiger partial charge >= 0.3 is 0 Å². The summed E-state index contributed by atoms with van der Waals surface area (Å²) in [6.45, 7) is 13.5. The number of rotatable bonds is 21. The van der Waals surface area contributed by atoms with Crippen LogP contribution in [0.25, 0.3) is 0 Å². The summed E-state index contributed by atoms with van der Waals surface area (Å²) in [4.78, 5) is 49.3. The fraction of sp³-hybridized carbons (Fsp3) is 0.704. The highest BCUT2D eigenvalue weighted by atomic mass is 17.0. The topological polar surface area (TPSA) is 219 Å². The fourth-order valence-electron chi connectivity index (χ4n) is 2.97. The molecule has 1 aromatic carbocycles. The highest BCUT2D eigenvalue weighted by Crippen LogP contribution is 2.15. The molecule has 1 atom stereocenters. The molecule has 1 unspecified atom stereocenters. The molecule has 0 heterocycles. The highest BCUT2D eigenvalue weighted by Gasteiger charge is 2.20. The molecule has 44 heavy (non-hydrogen) atoms. The lowest BCUT2D eigenvalue weighted by molar-refractivity contribution is -0.758. The van der Waals surface area contributed by atoms with Crippen LogP contribution in [0, 0.1) is 26.1 Å². The van der Waals surface area contributed by atoms with Gasteiger partial charge in [0, 0.05) is 25.6 Å². The van der Waals surface area contributed by atoms with E-state index >= 15 is 0 Å². The minimum absolute atomic E-state index is 0.0104. The van der Waals surface area contributed by atoms with Crippen LogP contribution < -0.4 is 4.74 Å². The standard InChI is InChI=1S/C23H38N2O8.C2H5NO4.CH4O.CH2O/c1-18(2)24(23(26)17-30-11-13-33-25(27)28)14-20(5)15-32-22-8-6-21(7-9-22)16-29-10-12-31-19(3)4;4-1-2-7-3(5)6;2*1-2/h6-9,18-20H,10-17H2,1-5H3;4H,1-2H2;2H,1H3;1H2. The Morgan fingerprint density at radius 1 is 0.886 bits per heavy atom. The van der Waals surface area contributed by atoms with Crippen molar-refractivity contribution in [2.75, 3.05) is 66.5 Å². The van der Waals surface area contributed by atoms with Gasteiger partial charge in [0.1, 0.15) is 32.4 Å². The number of nitrogens with zero attached hydrogens (tertiary/aromatic N) is 3. The van der Waals surface area contributed by atoms with Crippen molar-refractivity contribution < 1.29 is 58.6 Å². The van der Waals surface area contributed by atoms with Crippen LogP contribution in [-0.4, -0.2) is 117 Å². The molecule has 1 aromatic rings. The molecular weight excluding hydrogens is 590 g/mol. The Labute approximate surface area is 258 Å². The molecule has 0 bridgehead atoms. The number of ether oxygens (including phenoxy) is 4. The lowest BCUT2D eigenvalue weighted by Gasteiger charge is -2.29. The Kier molecular flexibility index (Phi) is 31.4. The van der Waals surface area contributed by atoms with E-state index in [1.54, 1.807) is 4.90 Å². The second-order valence-corrected chi connectivity index (χ2v) is 9.06. The number of hydrogen-bond donors (Lipinski definition) is 2. The molecule has 0 aliphatic rings. The van der Waals surface area contributed by atoms with E-state index in [9.17, 15) is 25.0 Å². The first-order valence-electron chi connectivity index (χ1n) is 13.6. The zero-order valence-corrected chi connectivity index (χ0v) is 26.5. The van der Waals surface area contributed by atoms with Gasteiger partial charge in [-0.15, -0.1) is 20.2 Å². The van der Waals surface area contributed by atoms with Gasteiger partial charge in [0.05, 0.1) is 45.7 Å². The van der Waals surface area contributed by atoms with Crippen molar-refractivity contribution in [1.82, 2.24) is 4.90 Å². The Morgan fingerprint density at radius 3 is 1.91 bits per heavy atom. The minimum atomic E-state index is -0.948. The molecule has 0 aliphatic heterocycles. The van der Waals surface area contributed by atoms with Gasteiger partial charge in [0.25, 0.3) is 10.2 Å². The van der Waals surface area contributed by atoms with Crippen LogP contribution >= 0.6 is 0 Å². The van der Waals surface area contributed by atoms with Gasteiger partial charge in [-0.3, -0.25) is 4.79 Å². The second kappa shape index (κ2) is 30.8. The molecule has 1 rings (SSSR count). The predicted octanol–water partition coefficient (Wildman–Crippen LogP) is 1.72. The van der Waals surface area contributed by atoms with Gasteiger partial charge in [-0.2, -0.15) is 0 Å². The third-order valence-electron chi connectivity index (χ3n) is 4.80. The van der Waals surface area contributed by atoms with E-state index in [2.05, 4.69) is 9.68 Å². The van der Waals surface area contributed by atoms with E-state index in [0.29, 0.717) is 33.0 Å². The lowest BCUT2D eigenvalue weighted by Crippen LogP contribution is -2.43. The third-order valence-corrected chi connectivity index (χ3v) is 4.80. The van der Waals surface area contributed by atoms with Crippen LogP contribution in [0.4, 0.5) is 0 Å². The second-order valence-electron chi connectivity index (χ2n) is 9.06. The van der Waals surface area contributed by atoms with Crippen molar-refractivity contribution >= 4 is 12.7 Å². The number of benzene rings is 1. The molecule has 2 N–H and O–H groups in total. The monoisotopic (exact) mass is 639 g/mol. The first-order chi connectivity index (χ1) is 21.0. The van der Waals surface area contributed by atoms with E-state index < -0.39 is 10.2 Å². The Hall–Kier alpha value is -3.64. The average Bonchev–Trinajstić information content (AvgIpc) is 2.99. The van der Waals surface area contributed by atoms with Gasteiger partial charge in [-0.25, -0.2) is 0 Å². The molecule has 17 nitrogen and oxygen atoms in total. The molecule has 0 spiro atoms. The van der Waals surface area contributed by atoms with Gasteiger partial charge in [0.2, 0.25) is 5.91 Å². The van der Waals surface area contributed by atoms with E-state index in [1.807, 2.05) is 65.7 Å². The number of aliphatic hydroxyl groups is 2. The highest BCUT2D eigenvalue weighted by molar-refractivity contribution is 5.77. The van der Waals surface area contributed by atoms with Crippen LogP contribution in [0.15, 0.2) is 24.3 Å². The summed E-state index contributed by atoms with van der Waals surface area (Å²) in [5.41, 5.74) is 1.06. The number of hydrogen-bond acceptors (Lipinski definition) is 14. The number of carbonyl (C=O) groups is 2. The first-order valence-corrected chi connectivity index (χ1v) is 13.6.